The number of carbonyl (C=O) groups excluding carboxylic acids is 1. The van der Waals surface area contributed by atoms with Crippen LogP contribution in [-0.2, 0) is 21.3 Å². The number of sulfonamides is 1. The first-order valence-electron chi connectivity index (χ1n) is 13.0. The first-order valence-corrected chi connectivity index (χ1v) is 16.1. The predicted molar refractivity (Wildman–Crippen MR) is 155 cm³/mol. The lowest BCUT2D eigenvalue weighted by Crippen LogP contribution is -2.44. The Morgan fingerprint density at radius 3 is 2.56 bits per heavy atom. The average molecular weight is 583 g/mol. The van der Waals surface area contributed by atoms with Gasteiger partial charge in [0.1, 0.15) is 5.01 Å². The number of rotatable bonds is 6. The Morgan fingerprint density at radius 1 is 1.10 bits per heavy atom. The van der Waals surface area contributed by atoms with Crippen LogP contribution in [0, 0.1) is 0 Å². The van der Waals surface area contributed by atoms with Gasteiger partial charge in [0.05, 0.1) is 34.4 Å². The third-order valence-corrected chi connectivity index (χ3v) is 11.3. The van der Waals surface area contributed by atoms with Crippen molar-refractivity contribution < 1.29 is 17.9 Å². The fraction of sp³-hybridized carbons (Fsp3) is 0.357. The summed E-state index contributed by atoms with van der Waals surface area (Å²) in [4.78, 5) is 22.1. The second-order valence-electron chi connectivity index (χ2n) is 10.1. The molecule has 1 unspecified atom stereocenters. The summed E-state index contributed by atoms with van der Waals surface area (Å²) in [5, 5.41) is 6.38. The summed E-state index contributed by atoms with van der Waals surface area (Å²) in [6.45, 7) is 7.30. The fourth-order valence-electron chi connectivity index (χ4n) is 5.11. The molecule has 1 amide bonds. The number of nitrogens with zero attached hydrogens (tertiary/aromatic N) is 3. The molecule has 0 saturated carbocycles. The minimum absolute atomic E-state index is 0.183. The quantitative estimate of drug-likeness (QED) is 0.353. The molecule has 0 bridgehead atoms. The van der Waals surface area contributed by atoms with Crippen molar-refractivity contribution in [1.29, 1.82) is 0 Å². The summed E-state index contributed by atoms with van der Waals surface area (Å²) in [6, 6.07) is 14.5. The zero-order valence-corrected chi connectivity index (χ0v) is 24.2. The smallest absolute Gasteiger partial charge is 0.251 e. The highest BCUT2D eigenvalue weighted by Gasteiger charge is 2.33. The van der Waals surface area contributed by atoms with Gasteiger partial charge in [-0.3, -0.25) is 9.69 Å². The Kier molecular flexibility index (Phi) is 7.30. The lowest BCUT2D eigenvalue weighted by Gasteiger charge is -2.36. The number of nitrogens with one attached hydrogen (secondary N) is 1. The summed E-state index contributed by atoms with van der Waals surface area (Å²) in [5.41, 5.74) is 3.62. The van der Waals surface area contributed by atoms with Crippen molar-refractivity contribution >= 4 is 48.8 Å². The van der Waals surface area contributed by atoms with Gasteiger partial charge in [-0.05, 0) is 50.2 Å². The number of carbonyl (C=O) groups is 1. The molecule has 2 aliphatic heterocycles. The standard InChI is InChI=1S/C28H30N4O4S3/c1-18(2)31-15-23(26-21(17-37-25(26)16-31)28-30-22-5-3-4-6-24(22)38-28)29-27(33)19-7-9-20(10-8-19)39(34,35)32-11-13-36-14-12-32/h3-10,17-18,23H,11-16H2,1-2H3,(H,29,33). The summed E-state index contributed by atoms with van der Waals surface area (Å²) in [7, 11) is -3.62. The van der Waals surface area contributed by atoms with E-state index in [4.69, 9.17) is 9.72 Å². The lowest BCUT2D eigenvalue weighted by atomic mass is 9.97. The van der Waals surface area contributed by atoms with Gasteiger partial charge in [-0.2, -0.15) is 4.31 Å². The van der Waals surface area contributed by atoms with Crippen LogP contribution in [-0.4, -0.2) is 67.4 Å². The molecular weight excluding hydrogens is 553 g/mol. The second-order valence-corrected chi connectivity index (χ2v) is 14.0. The second kappa shape index (κ2) is 10.7. The molecule has 204 valence electrons. The van der Waals surface area contributed by atoms with E-state index in [-0.39, 0.29) is 16.8 Å². The maximum atomic E-state index is 13.5. The van der Waals surface area contributed by atoms with Gasteiger partial charge in [-0.1, -0.05) is 12.1 Å². The molecule has 2 aromatic heterocycles. The maximum Gasteiger partial charge on any atom is 0.251 e. The minimum atomic E-state index is -3.62. The maximum absolute atomic E-state index is 13.5. The molecular formula is C28H30N4O4S3. The number of fused-ring (bicyclic) bond motifs is 2. The lowest BCUT2D eigenvalue weighted by molar-refractivity contribution is 0.0730. The molecule has 8 nitrogen and oxygen atoms in total. The molecule has 1 N–H and O–H groups in total. The molecule has 0 spiro atoms. The highest BCUT2D eigenvalue weighted by molar-refractivity contribution is 7.89. The SMILES string of the molecule is CC(C)N1Cc2scc(-c3nc4ccccc4s3)c2C(NC(=O)c2ccc(S(=O)(=O)N3CCOCC3)cc2)C1. The van der Waals surface area contributed by atoms with Crippen LogP contribution in [0.4, 0.5) is 0 Å². The van der Waals surface area contributed by atoms with E-state index in [1.165, 1.54) is 21.3 Å². The van der Waals surface area contributed by atoms with Gasteiger partial charge < -0.3 is 10.1 Å². The zero-order chi connectivity index (χ0) is 27.1. The number of ether oxygens (including phenoxy) is 1. The number of thiazole rings is 1. The van der Waals surface area contributed by atoms with E-state index in [1.54, 1.807) is 34.8 Å². The van der Waals surface area contributed by atoms with Crippen molar-refractivity contribution in [3.63, 3.8) is 0 Å². The Labute approximate surface area is 236 Å². The zero-order valence-electron chi connectivity index (χ0n) is 21.8. The van der Waals surface area contributed by atoms with Crippen LogP contribution in [0.3, 0.4) is 0 Å². The first kappa shape index (κ1) is 26.5. The third kappa shape index (κ3) is 5.15. The number of para-hydroxylation sites is 1. The number of hydrogen-bond acceptors (Lipinski definition) is 8. The molecule has 39 heavy (non-hydrogen) atoms. The van der Waals surface area contributed by atoms with Gasteiger partial charge in [0.25, 0.3) is 5.91 Å². The van der Waals surface area contributed by atoms with Gasteiger partial charge in [-0.25, -0.2) is 13.4 Å². The Balaban J connectivity index is 1.27. The number of thiophene rings is 1. The van der Waals surface area contributed by atoms with E-state index in [1.807, 2.05) is 18.2 Å². The van der Waals surface area contributed by atoms with Crippen LogP contribution in [0.1, 0.15) is 40.7 Å². The number of benzene rings is 2. The van der Waals surface area contributed by atoms with E-state index in [0.29, 0.717) is 44.5 Å². The summed E-state index contributed by atoms with van der Waals surface area (Å²) < 4.78 is 33.8. The molecule has 4 aromatic rings. The monoisotopic (exact) mass is 582 g/mol. The number of hydrogen-bond donors (Lipinski definition) is 1. The summed E-state index contributed by atoms with van der Waals surface area (Å²) in [5.74, 6) is -0.228. The average Bonchev–Trinajstić information content (AvgIpc) is 3.58. The Morgan fingerprint density at radius 2 is 1.85 bits per heavy atom. The largest absolute Gasteiger partial charge is 0.379 e. The molecule has 1 saturated heterocycles. The highest BCUT2D eigenvalue weighted by Crippen LogP contribution is 2.42. The van der Waals surface area contributed by atoms with Crippen molar-refractivity contribution in [1.82, 2.24) is 19.5 Å². The predicted octanol–water partition coefficient (Wildman–Crippen LogP) is 4.74. The molecule has 2 aliphatic rings. The van der Waals surface area contributed by atoms with Crippen LogP contribution in [0.5, 0.6) is 0 Å². The Hall–Kier alpha value is -2.67. The van der Waals surface area contributed by atoms with Gasteiger partial charge in [0.2, 0.25) is 10.0 Å². The van der Waals surface area contributed by atoms with Gasteiger partial charge >= 0.3 is 0 Å². The first-order chi connectivity index (χ1) is 18.8. The highest BCUT2D eigenvalue weighted by atomic mass is 32.2. The van der Waals surface area contributed by atoms with E-state index in [2.05, 4.69) is 35.5 Å². The third-order valence-electron chi connectivity index (χ3n) is 7.31. The van der Waals surface area contributed by atoms with E-state index >= 15 is 0 Å². The molecule has 6 rings (SSSR count). The molecule has 0 radical (unpaired) electrons. The molecule has 11 heteroatoms. The minimum Gasteiger partial charge on any atom is -0.379 e. The number of morpholine rings is 1. The fourth-order valence-corrected chi connectivity index (χ4v) is 8.70. The summed E-state index contributed by atoms with van der Waals surface area (Å²) in [6.07, 6.45) is 0. The van der Waals surface area contributed by atoms with Crippen molar-refractivity contribution in [3.8, 4) is 10.6 Å². The molecule has 1 fully saturated rings. The molecule has 2 aromatic carbocycles. The molecule has 0 aliphatic carbocycles. The van der Waals surface area contributed by atoms with E-state index in [0.717, 1.165) is 32.9 Å². The normalized spacial score (nSPS) is 18.9. The van der Waals surface area contributed by atoms with Crippen molar-refractivity contribution in [2.24, 2.45) is 0 Å². The number of aromatic nitrogens is 1. The van der Waals surface area contributed by atoms with Crippen LogP contribution in [0.25, 0.3) is 20.8 Å². The van der Waals surface area contributed by atoms with Gasteiger partial charge in [0, 0.05) is 59.2 Å². The van der Waals surface area contributed by atoms with Crippen LogP contribution in [0.2, 0.25) is 0 Å². The summed E-state index contributed by atoms with van der Waals surface area (Å²) >= 11 is 3.38. The Bertz CT molecular complexity index is 1570. The van der Waals surface area contributed by atoms with Crippen molar-refractivity contribution in [2.45, 2.75) is 37.4 Å². The molecule has 1 atom stereocenters. The van der Waals surface area contributed by atoms with Crippen molar-refractivity contribution in [3.05, 3.63) is 69.9 Å². The van der Waals surface area contributed by atoms with E-state index in [9.17, 15) is 13.2 Å². The van der Waals surface area contributed by atoms with Gasteiger partial charge in [-0.15, -0.1) is 22.7 Å². The van der Waals surface area contributed by atoms with Crippen LogP contribution < -0.4 is 5.32 Å². The molecule has 4 heterocycles. The van der Waals surface area contributed by atoms with E-state index < -0.39 is 10.0 Å². The number of amides is 1. The topological polar surface area (TPSA) is 91.8 Å². The van der Waals surface area contributed by atoms with Crippen LogP contribution in [0.15, 0.2) is 58.8 Å². The van der Waals surface area contributed by atoms with Crippen LogP contribution >= 0.6 is 22.7 Å². The van der Waals surface area contributed by atoms with Crippen molar-refractivity contribution in [2.75, 3.05) is 32.8 Å². The van der Waals surface area contributed by atoms with Gasteiger partial charge in [0.15, 0.2) is 0 Å².